The van der Waals surface area contributed by atoms with E-state index in [9.17, 15) is 0 Å². The Morgan fingerprint density at radius 2 is 2.25 bits per heavy atom. The summed E-state index contributed by atoms with van der Waals surface area (Å²) in [6, 6.07) is 0.0311. The summed E-state index contributed by atoms with van der Waals surface area (Å²) in [5, 5.41) is 0. The second-order valence-electron chi connectivity index (χ2n) is 3.22. The molecule has 0 heterocycles. The number of methoxy groups -OCH3 is 1. The molecule has 0 aromatic carbocycles. The third-order valence-electron chi connectivity index (χ3n) is 2.55. The first-order chi connectivity index (χ1) is 5.60. The number of terminal acetylenes is 1. The lowest BCUT2D eigenvalue weighted by Crippen LogP contribution is -2.46. The van der Waals surface area contributed by atoms with Crippen molar-refractivity contribution in [2.45, 2.75) is 44.8 Å². The molecule has 0 saturated heterocycles. The van der Waals surface area contributed by atoms with E-state index in [4.69, 9.17) is 16.9 Å². The molecule has 2 unspecified atom stereocenters. The van der Waals surface area contributed by atoms with Crippen LogP contribution in [0.5, 0.6) is 0 Å². The summed E-state index contributed by atoms with van der Waals surface area (Å²) in [4.78, 5) is 0. The summed E-state index contributed by atoms with van der Waals surface area (Å²) in [5.41, 5.74) is 5.71. The third kappa shape index (κ3) is 2.84. The van der Waals surface area contributed by atoms with Gasteiger partial charge in [-0.3, -0.25) is 0 Å². The summed E-state index contributed by atoms with van der Waals surface area (Å²) in [5.74, 6) is 2.58. The molecular formula is C10H19NO. The zero-order chi connectivity index (χ0) is 9.61. The monoisotopic (exact) mass is 169 g/mol. The van der Waals surface area contributed by atoms with Gasteiger partial charge in [0.2, 0.25) is 0 Å². The van der Waals surface area contributed by atoms with Gasteiger partial charge >= 0.3 is 0 Å². The van der Waals surface area contributed by atoms with Gasteiger partial charge < -0.3 is 10.5 Å². The molecule has 0 bridgehead atoms. The Hall–Kier alpha value is -0.520. The standard InChI is InChI=1S/C10H19NO/c1-5-7-8-9(11)10(3,6-2)12-4/h1,9H,6-8,11H2,2-4H3. The van der Waals surface area contributed by atoms with E-state index in [1.807, 2.05) is 6.92 Å². The minimum Gasteiger partial charge on any atom is -0.377 e. The SMILES string of the molecule is C#CCCC(N)C(C)(CC)OC. The Bertz CT molecular complexity index is 156. The van der Waals surface area contributed by atoms with E-state index < -0.39 is 0 Å². The predicted molar refractivity (Wildman–Crippen MR) is 51.7 cm³/mol. The van der Waals surface area contributed by atoms with Crippen molar-refractivity contribution in [3.63, 3.8) is 0 Å². The molecule has 0 aromatic heterocycles. The van der Waals surface area contributed by atoms with Gasteiger partial charge in [0.05, 0.1) is 5.60 Å². The predicted octanol–water partition coefficient (Wildman–Crippen LogP) is 1.54. The van der Waals surface area contributed by atoms with Crippen LogP contribution in [-0.4, -0.2) is 18.8 Å². The van der Waals surface area contributed by atoms with E-state index in [1.165, 1.54) is 0 Å². The summed E-state index contributed by atoms with van der Waals surface area (Å²) in [6.45, 7) is 4.09. The number of ether oxygens (including phenoxy) is 1. The van der Waals surface area contributed by atoms with Crippen LogP contribution in [0.15, 0.2) is 0 Å². The Labute approximate surface area is 75.5 Å². The van der Waals surface area contributed by atoms with Crippen LogP contribution in [0.2, 0.25) is 0 Å². The number of nitrogens with two attached hydrogens (primary N) is 1. The summed E-state index contributed by atoms with van der Waals surface area (Å²) >= 11 is 0. The molecule has 0 aliphatic rings. The Balaban J connectivity index is 4.04. The van der Waals surface area contributed by atoms with Gasteiger partial charge in [-0.05, 0) is 19.8 Å². The molecule has 12 heavy (non-hydrogen) atoms. The average Bonchev–Trinajstić information content (AvgIpc) is 2.12. The molecule has 0 radical (unpaired) electrons. The van der Waals surface area contributed by atoms with Gasteiger partial charge in [-0.15, -0.1) is 12.3 Å². The highest BCUT2D eigenvalue weighted by atomic mass is 16.5. The highest BCUT2D eigenvalue weighted by molar-refractivity contribution is 4.91. The summed E-state index contributed by atoms with van der Waals surface area (Å²) < 4.78 is 5.35. The van der Waals surface area contributed by atoms with Crippen LogP contribution in [0.3, 0.4) is 0 Å². The van der Waals surface area contributed by atoms with E-state index in [0.29, 0.717) is 0 Å². The van der Waals surface area contributed by atoms with Gasteiger partial charge in [-0.1, -0.05) is 6.92 Å². The normalized spacial score (nSPS) is 17.9. The maximum absolute atomic E-state index is 5.94. The molecule has 0 fully saturated rings. The van der Waals surface area contributed by atoms with Crippen LogP contribution < -0.4 is 5.73 Å². The molecule has 0 saturated carbocycles. The number of hydrogen-bond acceptors (Lipinski definition) is 2. The van der Waals surface area contributed by atoms with Crippen LogP contribution in [-0.2, 0) is 4.74 Å². The quantitative estimate of drug-likeness (QED) is 0.634. The van der Waals surface area contributed by atoms with Crippen molar-refractivity contribution in [3.8, 4) is 12.3 Å². The van der Waals surface area contributed by atoms with Crippen molar-refractivity contribution in [1.29, 1.82) is 0 Å². The summed E-state index contributed by atoms with van der Waals surface area (Å²) in [6.07, 6.45) is 7.62. The number of hydrogen-bond donors (Lipinski definition) is 1. The lowest BCUT2D eigenvalue weighted by molar-refractivity contribution is -0.0202. The van der Waals surface area contributed by atoms with Crippen LogP contribution in [0, 0.1) is 12.3 Å². The zero-order valence-electron chi connectivity index (χ0n) is 8.26. The Kier molecular flexibility index (Phi) is 4.96. The molecule has 0 rings (SSSR count). The second-order valence-corrected chi connectivity index (χ2v) is 3.22. The van der Waals surface area contributed by atoms with E-state index in [-0.39, 0.29) is 11.6 Å². The van der Waals surface area contributed by atoms with Crippen molar-refractivity contribution >= 4 is 0 Å². The molecule has 0 aromatic rings. The van der Waals surface area contributed by atoms with Crippen molar-refractivity contribution in [1.82, 2.24) is 0 Å². The smallest absolute Gasteiger partial charge is 0.0798 e. The number of rotatable bonds is 5. The Morgan fingerprint density at radius 3 is 2.58 bits per heavy atom. The van der Waals surface area contributed by atoms with Crippen molar-refractivity contribution in [2.75, 3.05) is 7.11 Å². The molecule has 70 valence electrons. The van der Waals surface area contributed by atoms with E-state index >= 15 is 0 Å². The third-order valence-corrected chi connectivity index (χ3v) is 2.55. The second kappa shape index (κ2) is 5.18. The maximum atomic E-state index is 5.94. The van der Waals surface area contributed by atoms with Gasteiger partial charge in [0.15, 0.2) is 0 Å². The lowest BCUT2D eigenvalue weighted by atomic mass is 9.91. The molecule has 0 aliphatic heterocycles. The summed E-state index contributed by atoms with van der Waals surface area (Å²) in [7, 11) is 1.69. The average molecular weight is 169 g/mol. The first kappa shape index (κ1) is 11.5. The molecule has 0 spiro atoms. The van der Waals surface area contributed by atoms with E-state index in [0.717, 1.165) is 19.3 Å². The molecule has 2 atom stereocenters. The molecule has 2 nitrogen and oxygen atoms in total. The van der Waals surface area contributed by atoms with Gasteiger partial charge in [0.25, 0.3) is 0 Å². The van der Waals surface area contributed by atoms with Crippen molar-refractivity contribution in [2.24, 2.45) is 5.73 Å². The minimum absolute atomic E-state index is 0.0311. The lowest BCUT2D eigenvalue weighted by Gasteiger charge is -2.32. The highest BCUT2D eigenvalue weighted by Gasteiger charge is 2.28. The van der Waals surface area contributed by atoms with Crippen molar-refractivity contribution in [3.05, 3.63) is 0 Å². The molecule has 0 aliphatic carbocycles. The largest absolute Gasteiger partial charge is 0.377 e. The zero-order valence-corrected chi connectivity index (χ0v) is 8.26. The fourth-order valence-corrected chi connectivity index (χ4v) is 1.10. The van der Waals surface area contributed by atoms with Gasteiger partial charge in [-0.25, -0.2) is 0 Å². The molecule has 2 N–H and O–H groups in total. The van der Waals surface area contributed by atoms with Crippen LogP contribution in [0.1, 0.15) is 33.1 Å². The van der Waals surface area contributed by atoms with Crippen LogP contribution >= 0.6 is 0 Å². The van der Waals surface area contributed by atoms with Crippen LogP contribution in [0.4, 0.5) is 0 Å². The minimum atomic E-state index is -0.225. The van der Waals surface area contributed by atoms with Gasteiger partial charge in [0.1, 0.15) is 0 Å². The van der Waals surface area contributed by atoms with Gasteiger partial charge in [0, 0.05) is 19.6 Å². The van der Waals surface area contributed by atoms with Gasteiger partial charge in [-0.2, -0.15) is 0 Å². The first-order valence-corrected chi connectivity index (χ1v) is 4.35. The molecular weight excluding hydrogens is 150 g/mol. The fraction of sp³-hybridized carbons (Fsp3) is 0.800. The first-order valence-electron chi connectivity index (χ1n) is 4.35. The van der Waals surface area contributed by atoms with Crippen molar-refractivity contribution < 1.29 is 4.74 Å². The highest BCUT2D eigenvalue weighted by Crippen LogP contribution is 2.20. The van der Waals surface area contributed by atoms with E-state index in [1.54, 1.807) is 7.11 Å². The Morgan fingerprint density at radius 1 is 1.67 bits per heavy atom. The molecule has 0 amide bonds. The fourth-order valence-electron chi connectivity index (χ4n) is 1.10. The van der Waals surface area contributed by atoms with Crippen LogP contribution in [0.25, 0.3) is 0 Å². The topological polar surface area (TPSA) is 35.2 Å². The molecule has 2 heteroatoms. The maximum Gasteiger partial charge on any atom is 0.0798 e. The van der Waals surface area contributed by atoms with E-state index in [2.05, 4.69) is 12.8 Å².